The Morgan fingerprint density at radius 3 is 2.40 bits per heavy atom. The van der Waals surface area contributed by atoms with Gasteiger partial charge in [-0.2, -0.15) is 0 Å². The minimum Gasteiger partial charge on any atom is -0.312 e. The van der Waals surface area contributed by atoms with Gasteiger partial charge in [0.2, 0.25) is 0 Å². The monoisotopic (exact) mass is 220 g/mol. The summed E-state index contributed by atoms with van der Waals surface area (Å²) in [5.74, 6) is 1.79. The zero-order valence-corrected chi connectivity index (χ0v) is 9.07. The molecular weight excluding hydrogens is 210 g/mol. The molecule has 1 nitrogen and oxygen atoms in total. The van der Waals surface area contributed by atoms with Gasteiger partial charge in [0, 0.05) is 23.7 Å². The van der Waals surface area contributed by atoms with E-state index in [1.165, 1.54) is 11.4 Å². The number of hydrogen-bond acceptors (Lipinski definition) is 2. The summed E-state index contributed by atoms with van der Waals surface area (Å²) in [4.78, 5) is 0. The highest BCUT2D eigenvalue weighted by Gasteiger charge is 2.13. The summed E-state index contributed by atoms with van der Waals surface area (Å²) in [6.45, 7) is 1.76. The Kier molecular flexibility index (Phi) is 6.43. The van der Waals surface area contributed by atoms with Crippen LogP contribution in [0, 0.1) is 0 Å². The fraction of sp³-hybridized carbons (Fsp3) is 1.00. The van der Waals surface area contributed by atoms with Crippen LogP contribution < -0.4 is 0 Å². The molecule has 62 valence electrons. The van der Waals surface area contributed by atoms with Crippen LogP contribution in [0.25, 0.3) is 0 Å². The van der Waals surface area contributed by atoms with E-state index in [0.29, 0.717) is 17.9 Å². The van der Waals surface area contributed by atoms with Crippen LogP contribution >= 0.6 is 40.9 Å². The first kappa shape index (κ1) is 11.2. The van der Waals surface area contributed by atoms with Crippen molar-refractivity contribution in [3.05, 3.63) is 0 Å². The third kappa shape index (κ3) is 5.91. The van der Waals surface area contributed by atoms with E-state index in [1.54, 1.807) is 6.66 Å². The van der Waals surface area contributed by atoms with Gasteiger partial charge in [-0.3, -0.25) is 0 Å². The van der Waals surface area contributed by atoms with Gasteiger partial charge in [-0.1, -0.05) is 11.4 Å². The van der Waals surface area contributed by atoms with Crippen LogP contribution in [0.1, 0.15) is 0 Å². The number of halogens is 2. The second-order valence-electron chi connectivity index (χ2n) is 1.95. The van der Waals surface area contributed by atoms with E-state index < -0.39 is 6.34 Å². The lowest BCUT2D eigenvalue weighted by molar-refractivity contribution is 0.589. The van der Waals surface area contributed by atoms with E-state index in [1.807, 2.05) is 0 Å². The quantitative estimate of drug-likeness (QED) is 0.524. The summed E-state index contributed by atoms with van der Waals surface area (Å²) < 4.78 is 11.4. The van der Waals surface area contributed by atoms with Gasteiger partial charge in [-0.05, 0) is 6.66 Å². The van der Waals surface area contributed by atoms with Crippen molar-refractivity contribution in [2.24, 2.45) is 0 Å². The predicted octanol–water partition coefficient (Wildman–Crippen LogP) is 3.11. The van der Waals surface area contributed by atoms with E-state index in [2.05, 4.69) is 0 Å². The molecule has 0 saturated heterocycles. The molecule has 0 aliphatic rings. The number of rotatable bonds is 5. The minimum absolute atomic E-state index is 0.475. The highest BCUT2D eigenvalue weighted by atomic mass is 35.5. The fourth-order valence-electron chi connectivity index (χ4n) is 0.446. The first-order valence-electron chi connectivity index (χ1n) is 2.95. The van der Waals surface area contributed by atoms with Crippen molar-refractivity contribution < 1.29 is 4.57 Å². The molecule has 5 heteroatoms. The summed E-state index contributed by atoms with van der Waals surface area (Å²) in [5.41, 5.74) is 0. The smallest absolute Gasteiger partial charge is 0.137 e. The van der Waals surface area contributed by atoms with Crippen LogP contribution in [0.15, 0.2) is 0 Å². The average molecular weight is 221 g/mol. The molecule has 0 heterocycles. The van der Waals surface area contributed by atoms with Crippen molar-refractivity contribution in [3.63, 3.8) is 0 Å². The second kappa shape index (κ2) is 5.77. The van der Waals surface area contributed by atoms with Gasteiger partial charge in [0.1, 0.15) is 6.34 Å². The van der Waals surface area contributed by atoms with Gasteiger partial charge < -0.3 is 4.57 Å². The SMILES string of the molecule is C[P@@](=O)(CCCl)SCCCl. The molecule has 0 aliphatic heterocycles. The van der Waals surface area contributed by atoms with Crippen LogP contribution in [0.2, 0.25) is 0 Å². The molecule has 0 bridgehead atoms. The first-order chi connectivity index (χ1) is 4.62. The van der Waals surface area contributed by atoms with Crippen molar-refractivity contribution in [2.75, 3.05) is 30.3 Å². The standard InChI is InChI=1S/C5H11Cl2OPS/c1-9(8,4-2-6)10-5-3-7/h2-5H2,1H3/t9-/m0/s1. The Morgan fingerprint density at radius 2 is 2.00 bits per heavy atom. The van der Waals surface area contributed by atoms with Crippen molar-refractivity contribution in [2.45, 2.75) is 0 Å². The zero-order chi connectivity index (χ0) is 8.04. The molecular formula is C5H11Cl2OPS. The molecule has 0 aromatic heterocycles. The van der Waals surface area contributed by atoms with Gasteiger partial charge in [-0.25, -0.2) is 0 Å². The molecule has 0 aromatic carbocycles. The average Bonchev–Trinajstić information content (AvgIpc) is 1.84. The summed E-state index contributed by atoms with van der Waals surface area (Å²) in [6.07, 6.45) is -1.40. The summed E-state index contributed by atoms with van der Waals surface area (Å²) in [5, 5.41) is 0. The van der Waals surface area contributed by atoms with Crippen LogP contribution in [0.3, 0.4) is 0 Å². The van der Waals surface area contributed by atoms with E-state index in [-0.39, 0.29) is 0 Å². The van der Waals surface area contributed by atoms with E-state index in [9.17, 15) is 4.57 Å². The van der Waals surface area contributed by atoms with Crippen LogP contribution in [0.5, 0.6) is 0 Å². The normalized spacial score (nSPS) is 16.7. The first-order valence-corrected chi connectivity index (χ1v) is 7.95. The lowest BCUT2D eigenvalue weighted by Crippen LogP contribution is -1.87. The Labute approximate surface area is 76.0 Å². The lowest BCUT2D eigenvalue weighted by Gasteiger charge is -2.08. The van der Waals surface area contributed by atoms with Crippen molar-refractivity contribution >= 4 is 40.9 Å². The molecule has 1 atom stereocenters. The van der Waals surface area contributed by atoms with E-state index in [0.717, 1.165) is 5.75 Å². The topological polar surface area (TPSA) is 17.1 Å². The molecule has 0 unspecified atom stereocenters. The molecule has 0 rings (SSSR count). The molecule has 0 aliphatic carbocycles. The van der Waals surface area contributed by atoms with Gasteiger partial charge >= 0.3 is 0 Å². The molecule has 0 N–H and O–H groups in total. The minimum atomic E-state index is -2.01. The largest absolute Gasteiger partial charge is 0.312 e. The molecule has 10 heavy (non-hydrogen) atoms. The Balaban J connectivity index is 3.53. The van der Waals surface area contributed by atoms with Crippen molar-refractivity contribution in [1.82, 2.24) is 0 Å². The maximum Gasteiger partial charge on any atom is 0.137 e. The maximum absolute atomic E-state index is 11.4. The third-order valence-electron chi connectivity index (χ3n) is 0.932. The Morgan fingerprint density at radius 1 is 1.40 bits per heavy atom. The Hall–Kier alpha value is 1.16. The molecule has 0 aromatic rings. The molecule has 0 saturated carbocycles. The number of hydrogen-bond donors (Lipinski definition) is 0. The number of alkyl halides is 2. The van der Waals surface area contributed by atoms with Crippen molar-refractivity contribution in [3.8, 4) is 0 Å². The van der Waals surface area contributed by atoms with Gasteiger partial charge in [0.05, 0.1) is 0 Å². The zero-order valence-electron chi connectivity index (χ0n) is 5.85. The van der Waals surface area contributed by atoms with Crippen molar-refractivity contribution in [1.29, 1.82) is 0 Å². The maximum atomic E-state index is 11.4. The predicted molar refractivity (Wildman–Crippen MR) is 52.3 cm³/mol. The second-order valence-corrected chi connectivity index (χ2v) is 8.94. The van der Waals surface area contributed by atoms with E-state index >= 15 is 0 Å². The molecule has 0 radical (unpaired) electrons. The van der Waals surface area contributed by atoms with Gasteiger partial charge in [-0.15, -0.1) is 23.2 Å². The summed E-state index contributed by atoms with van der Waals surface area (Å²) >= 11 is 12.3. The summed E-state index contributed by atoms with van der Waals surface area (Å²) in [7, 11) is 0. The summed E-state index contributed by atoms with van der Waals surface area (Å²) in [6, 6.07) is 0. The highest BCUT2D eigenvalue weighted by Crippen LogP contribution is 2.54. The van der Waals surface area contributed by atoms with Crippen LogP contribution in [-0.4, -0.2) is 30.3 Å². The van der Waals surface area contributed by atoms with Gasteiger partial charge in [0.15, 0.2) is 0 Å². The molecule has 0 spiro atoms. The van der Waals surface area contributed by atoms with Gasteiger partial charge in [0.25, 0.3) is 0 Å². The highest BCUT2D eigenvalue weighted by molar-refractivity contribution is 8.57. The molecule has 0 amide bonds. The fourth-order valence-corrected chi connectivity index (χ4v) is 5.25. The lowest BCUT2D eigenvalue weighted by atomic mass is 11.0. The Bertz CT molecular complexity index is 131. The molecule has 0 fully saturated rings. The van der Waals surface area contributed by atoms with Crippen LogP contribution in [0.4, 0.5) is 0 Å². The van der Waals surface area contributed by atoms with E-state index in [4.69, 9.17) is 23.2 Å². The third-order valence-corrected chi connectivity index (χ3v) is 6.50. The van der Waals surface area contributed by atoms with Crippen LogP contribution in [-0.2, 0) is 4.57 Å².